The van der Waals surface area contributed by atoms with Gasteiger partial charge in [0.15, 0.2) is 0 Å². The van der Waals surface area contributed by atoms with Crippen LogP contribution in [0.2, 0.25) is 0 Å². The molecule has 1 saturated heterocycles. The summed E-state index contributed by atoms with van der Waals surface area (Å²) in [6.45, 7) is 0. The van der Waals surface area contributed by atoms with Crippen molar-refractivity contribution in [3.05, 3.63) is 84.9 Å². The Morgan fingerprint density at radius 2 is 0.933 bits per heavy atom. The first-order chi connectivity index (χ1) is 14.5. The standard InChI is InChI=1S/C22H20N2P2S4/c1-29-25(27)23(21-15-7-11-17-9-3-5-13-19(17)21)26(28,30-2)24(25)22-16-8-12-18-10-4-6-14-20(18)22/h3-16H,1-2H3. The molecule has 1 heterocycles. The van der Waals surface area contributed by atoms with Gasteiger partial charge in [0.1, 0.15) is 11.4 Å². The lowest BCUT2D eigenvalue weighted by Crippen LogP contribution is -2.45. The van der Waals surface area contributed by atoms with Gasteiger partial charge >= 0.3 is 0 Å². The second-order valence-electron chi connectivity index (χ2n) is 6.92. The van der Waals surface area contributed by atoms with Gasteiger partial charge in [0, 0.05) is 46.0 Å². The number of nitrogens with zero attached hydrogens (tertiary/aromatic N) is 2. The molecule has 0 spiro atoms. The zero-order valence-corrected chi connectivity index (χ0v) is 21.6. The summed E-state index contributed by atoms with van der Waals surface area (Å²) in [5, 5.41) is 4.90. The third-order valence-corrected chi connectivity index (χ3v) is 24.6. The average molecular weight is 503 g/mol. The van der Waals surface area contributed by atoms with Gasteiger partial charge in [-0.3, -0.25) is 0 Å². The van der Waals surface area contributed by atoms with Crippen LogP contribution < -0.4 is 8.88 Å². The summed E-state index contributed by atoms with van der Waals surface area (Å²) in [5.74, 6) is -4.29. The molecule has 0 radical (unpaired) electrons. The highest BCUT2D eigenvalue weighted by Crippen LogP contribution is 3.03. The molecule has 0 bridgehead atoms. The maximum Gasteiger partial charge on any atom is 0.219 e. The van der Waals surface area contributed by atoms with E-state index in [1.54, 1.807) is 22.8 Å². The largest absolute Gasteiger partial charge is 0.487 e. The van der Waals surface area contributed by atoms with E-state index in [1.165, 1.54) is 32.9 Å². The molecule has 8 heteroatoms. The van der Waals surface area contributed by atoms with Crippen molar-refractivity contribution in [3.8, 4) is 0 Å². The van der Waals surface area contributed by atoms with Gasteiger partial charge in [0.05, 0.1) is 0 Å². The minimum absolute atomic E-state index is 1.18. The molecule has 152 valence electrons. The van der Waals surface area contributed by atoms with Gasteiger partial charge in [0.2, 0.25) is 11.9 Å². The molecule has 30 heavy (non-hydrogen) atoms. The Labute approximate surface area is 197 Å². The fourth-order valence-corrected chi connectivity index (χ4v) is 27.0. The van der Waals surface area contributed by atoms with E-state index in [0.717, 1.165) is 0 Å². The lowest BCUT2D eigenvalue weighted by atomic mass is 10.1. The normalized spacial score (nSPS) is 23.7. The van der Waals surface area contributed by atoms with Gasteiger partial charge in [-0.15, -0.1) is 8.88 Å². The number of benzene rings is 4. The first-order valence-corrected chi connectivity index (χ1v) is 18.5. The van der Waals surface area contributed by atoms with Gasteiger partial charge in [-0.05, 0) is 22.9 Å². The second-order valence-corrected chi connectivity index (χ2v) is 21.5. The molecule has 4 aromatic rings. The fourth-order valence-electron chi connectivity index (χ4n) is 4.03. The van der Waals surface area contributed by atoms with Crippen molar-refractivity contribution in [1.82, 2.24) is 0 Å². The van der Waals surface area contributed by atoms with E-state index in [-0.39, 0.29) is 0 Å². The van der Waals surface area contributed by atoms with Crippen LogP contribution in [0, 0.1) is 0 Å². The molecule has 0 N–H and O–H groups in total. The molecule has 5 rings (SSSR count). The summed E-state index contributed by atoms with van der Waals surface area (Å²) in [6.07, 6.45) is 4.27. The topological polar surface area (TPSA) is 6.48 Å². The van der Waals surface area contributed by atoms with Gasteiger partial charge in [-0.1, -0.05) is 72.8 Å². The van der Waals surface area contributed by atoms with Crippen LogP contribution in [0.25, 0.3) is 21.5 Å². The van der Waals surface area contributed by atoms with Crippen molar-refractivity contribution in [2.45, 2.75) is 0 Å². The van der Waals surface area contributed by atoms with E-state index >= 15 is 0 Å². The van der Waals surface area contributed by atoms with E-state index in [4.69, 9.17) is 24.5 Å². The lowest BCUT2D eigenvalue weighted by Gasteiger charge is -2.63. The Morgan fingerprint density at radius 1 is 0.567 bits per heavy atom. The third kappa shape index (κ3) is 2.99. The van der Waals surface area contributed by atoms with E-state index in [1.807, 2.05) is 0 Å². The molecule has 0 aromatic heterocycles. The van der Waals surface area contributed by atoms with E-state index in [2.05, 4.69) is 106 Å². The Morgan fingerprint density at radius 3 is 1.33 bits per heavy atom. The molecule has 2 nitrogen and oxygen atoms in total. The highest BCUT2D eigenvalue weighted by atomic mass is 33.1. The summed E-state index contributed by atoms with van der Waals surface area (Å²) in [5.41, 5.74) is 2.36. The average Bonchev–Trinajstić information content (AvgIpc) is 2.79. The van der Waals surface area contributed by atoms with Crippen molar-refractivity contribution in [2.24, 2.45) is 0 Å². The first kappa shape index (κ1) is 21.1. The number of rotatable bonds is 4. The number of fused-ring (bicyclic) bond motifs is 2. The second kappa shape index (κ2) is 7.99. The van der Waals surface area contributed by atoms with Gasteiger partial charge in [-0.2, -0.15) is 0 Å². The van der Waals surface area contributed by atoms with Crippen LogP contribution in [-0.4, -0.2) is 12.5 Å². The molecule has 0 unspecified atom stereocenters. The van der Waals surface area contributed by atoms with Crippen LogP contribution in [-0.2, 0) is 24.5 Å². The monoisotopic (exact) mass is 502 g/mol. The molecule has 4 aromatic carbocycles. The van der Waals surface area contributed by atoms with Crippen molar-refractivity contribution in [2.75, 3.05) is 21.4 Å². The summed E-state index contributed by atoms with van der Waals surface area (Å²) in [6, 6.07) is 30.0. The summed E-state index contributed by atoms with van der Waals surface area (Å²) < 4.78 is 4.90. The maximum atomic E-state index is 6.45. The molecule has 0 saturated carbocycles. The Bertz CT molecular complexity index is 1140. The van der Waals surface area contributed by atoms with Crippen LogP contribution in [0.4, 0.5) is 11.4 Å². The van der Waals surface area contributed by atoms with E-state index < -0.39 is 11.9 Å². The molecule has 0 atom stereocenters. The van der Waals surface area contributed by atoms with Crippen molar-refractivity contribution in [1.29, 1.82) is 0 Å². The predicted octanol–water partition coefficient (Wildman–Crippen LogP) is 8.49. The molecule has 1 aliphatic rings. The number of anilines is 2. The molecule has 1 fully saturated rings. The fraction of sp³-hybridized carbons (Fsp3) is 0.0909. The van der Waals surface area contributed by atoms with E-state index in [0.29, 0.717) is 0 Å². The van der Waals surface area contributed by atoms with Crippen molar-refractivity contribution >= 4 is 92.1 Å². The summed E-state index contributed by atoms with van der Waals surface area (Å²) >= 11 is 16.5. The highest BCUT2D eigenvalue weighted by Gasteiger charge is 2.71. The van der Waals surface area contributed by atoms with Crippen LogP contribution >= 0.6 is 34.7 Å². The van der Waals surface area contributed by atoms with Crippen LogP contribution in [0.5, 0.6) is 0 Å². The quantitative estimate of drug-likeness (QED) is 0.202. The van der Waals surface area contributed by atoms with E-state index in [9.17, 15) is 0 Å². The lowest BCUT2D eigenvalue weighted by molar-refractivity contribution is 1.47. The van der Waals surface area contributed by atoms with Crippen LogP contribution in [0.1, 0.15) is 0 Å². The minimum Gasteiger partial charge on any atom is -0.487 e. The Hall–Kier alpha value is -0.740. The number of hydrogen-bond acceptors (Lipinski definition) is 6. The Kier molecular flexibility index (Phi) is 5.63. The van der Waals surface area contributed by atoms with Crippen molar-refractivity contribution < 1.29 is 0 Å². The molecule has 1 aliphatic heterocycles. The summed E-state index contributed by atoms with van der Waals surface area (Å²) in [7, 11) is 0. The van der Waals surface area contributed by atoms with Crippen molar-refractivity contribution in [3.63, 3.8) is 0 Å². The number of hydrogen-bond donors (Lipinski definition) is 0. The first-order valence-electron chi connectivity index (χ1n) is 9.44. The SMILES string of the molecule is CS[P+]1([S-])N(c2cccc3ccccc23)[P+]([S-])(SC)N1c1cccc2ccccc12. The van der Waals surface area contributed by atoms with Gasteiger partial charge in [0.25, 0.3) is 0 Å². The van der Waals surface area contributed by atoms with Gasteiger partial charge in [-0.25, -0.2) is 0 Å². The zero-order chi connectivity index (χ0) is 20.9. The highest BCUT2D eigenvalue weighted by molar-refractivity contribution is 9.01. The van der Waals surface area contributed by atoms with Crippen LogP contribution in [0.15, 0.2) is 84.9 Å². The summed E-state index contributed by atoms with van der Waals surface area (Å²) in [4.78, 5) is 0. The zero-order valence-electron chi connectivity index (χ0n) is 16.5. The maximum absolute atomic E-state index is 6.45. The molecular formula is C22H20N2P2S4. The molecule has 0 aliphatic carbocycles. The smallest absolute Gasteiger partial charge is 0.219 e. The molecule has 0 amide bonds. The minimum atomic E-state index is -2.14. The molecular weight excluding hydrogens is 482 g/mol. The Balaban J connectivity index is 1.73. The van der Waals surface area contributed by atoms with Gasteiger partial charge < -0.3 is 24.5 Å². The predicted molar refractivity (Wildman–Crippen MR) is 148 cm³/mol. The van der Waals surface area contributed by atoms with Crippen LogP contribution in [0.3, 0.4) is 0 Å². The third-order valence-electron chi connectivity index (χ3n) is 5.40.